The van der Waals surface area contributed by atoms with Gasteiger partial charge in [-0.3, -0.25) is 0 Å². The molecule has 4 aromatic rings. The Morgan fingerprint density at radius 1 is 0.549 bits per heavy atom. The molecule has 0 spiro atoms. The largest absolute Gasteiger partial charge is 1.00 e. The quantitative estimate of drug-likeness (QED) is 0.107. The van der Waals surface area contributed by atoms with Gasteiger partial charge in [-0.25, -0.2) is 16.8 Å². The molecule has 0 saturated heterocycles. The Labute approximate surface area is 356 Å². The van der Waals surface area contributed by atoms with Crippen LogP contribution < -0.4 is 82.0 Å². The first kappa shape index (κ1) is 47.5. The average Bonchev–Trinajstić information content (AvgIpc) is 3.01. The molecule has 0 aliphatic carbocycles. The molecule has 266 valence electrons. The molecule has 10 nitrogen and oxygen atoms in total. The maximum absolute atomic E-state index is 11.5. The average molecular weight is 796 g/mol. The number of aryl methyl sites for hydroxylation is 4. The molecular weight excluding hydrogens is 753 g/mol. The maximum atomic E-state index is 11.5. The molecule has 0 aliphatic rings. The molecule has 0 atom stereocenters. The van der Waals surface area contributed by atoms with Crippen LogP contribution in [0.5, 0.6) is 0 Å². The van der Waals surface area contributed by atoms with E-state index in [9.17, 15) is 25.9 Å². The number of nitrogens with two attached hydrogens (primary N) is 4. The first-order valence-corrected chi connectivity index (χ1v) is 19.2. The van der Waals surface area contributed by atoms with Crippen LogP contribution in [0, 0.1) is 13.8 Å². The van der Waals surface area contributed by atoms with Gasteiger partial charge in [-0.15, -0.1) is 0 Å². The van der Waals surface area contributed by atoms with E-state index < -0.39 is 30.0 Å². The first-order chi connectivity index (χ1) is 22.7. The summed E-state index contributed by atoms with van der Waals surface area (Å²) in [4.78, 5) is -1.42. The van der Waals surface area contributed by atoms with Gasteiger partial charge in [-0.05, 0) is 108 Å². The fourth-order valence-corrected chi connectivity index (χ4v) is 7.83. The minimum absolute atomic E-state index is 0. The fraction of sp³-hybridized carbons (Fsp3) is 0.314. The van der Waals surface area contributed by atoms with Crippen molar-refractivity contribution in [1.82, 2.24) is 0 Å². The van der Waals surface area contributed by atoms with Crippen LogP contribution >= 0.6 is 23.2 Å². The fourth-order valence-electron chi connectivity index (χ4n) is 5.70. The molecule has 0 aliphatic heterocycles. The molecule has 0 saturated carbocycles. The molecule has 4 rings (SSSR count). The summed E-state index contributed by atoms with van der Waals surface area (Å²) in [7, 11) is -9.93. The molecule has 0 aromatic heterocycles. The van der Waals surface area contributed by atoms with Gasteiger partial charge in [0.15, 0.2) is 0 Å². The first-order valence-electron chi connectivity index (χ1n) is 15.6. The van der Waals surface area contributed by atoms with Gasteiger partial charge in [0, 0.05) is 50.3 Å². The van der Waals surface area contributed by atoms with Gasteiger partial charge in [0.05, 0.1) is 9.79 Å². The van der Waals surface area contributed by atoms with Crippen molar-refractivity contribution in [3.05, 3.63) is 91.0 Å². The second kappa shape index (κ2) is 19.2. The number of benzene rings is 4. The minimum atomic E-state index is -4.96. The van der Waals surface area contributed by atoms with Crippen LogP contribution in [0.25, 0.3) is 11.1 Å². The predicted octanol–water partition coefficient (Wildman–Crippen LogP) is 0.949. The summed E-state index contributed by atoms with van der Waals surface area (Å²) in [6.07, 6.45) is 4.11. The number of nitrogen functional groups attached to an aromatic ring is 4. The number of halogens is 2. The number of anilines is 4. The molecule has 4 aromatic carbocycles. The van der Waals surface area contributed by atoms with Gasteiger partial charge in [-0.2, -0.15) is 0 Å². The topological polar surface area (TPSA) is 218 Å². The molecular formula is C35H42Cl2N4Na2O6S2. The van der Waals surface area contributed by atoms with Gasteiger partial charge < -0.3 is 32.0 Å². The molecule has 51 heavy (non-hydrogen) atoms. The van der Waals surface area contributed by atoms with Crippen LogP contribution in [-0.2, 0) is 52.3 Å². The normalized spacial score (nSPS) is 11.3. The van der Waals surface area contributed by atoms with Gasteiger partial charge in [-0.1, -0.05) is 63.0 Å². The zero-order valence-corrected chi connectivity index (χ0v) is 37.5. The van der Waals surface area contributed by atoms with Crippen molar-refractivity contribution >= 4 is 66.2 Å². The van der Waals surface area contributed by atoms with E-state index in [-0.39, 0.29) is 81.6 Å². The van der Waals surface area contributed by atoms with E-state index in [0.717, 1.165) is 92.6 Å². The van der Waals surface area contributed by atoms with Gasteiger partial charge in [0.2, 0.25) is 0 Å². The van der Waals surface area contributed by atoms with Crippen LogP contribution in [0.3, 0.4) is 0 Å². The second-order valence-electron chi connectivity index (χ2n) is 11.7. The van der Waals surface area contributed by atoms with Crippen LogP contribution in [0.1, 0.15) is 72.2 Å². The number of rotatable bonds is 9. The minimum Gasteiger partial charge on any atom is -0.744 e. The Morgan fingerprint density at radius 3 is 1.12 bits per heavy atom. The Morgan fingerprint density at radius 2 is 0.863 bits per heavy atom. The van der Waals surface area contributed by atoms with E-state index in [4.69, 9.17) is 46.1 Å². The Kier molecular flexibility index (Phi) is 17.9. The molecule has 0 heterocycles. The van der Waals surface area contributed by atoms with E-state index in [2.05, 4.69) is 39.8 Å². The number of hydrogen-bond acceptors (Lipinski definition) is 10. The molecule has 0 radical (unpaired) electrons. The van der Waals surface area contributed by atoms with E-state index >= 15 is 0 Å². The molecule has 0 unspecified atom stereocenters. The third-order valence-corrected chi connectivity index (χ3v) is 11.2. The van der Waals surface area contributed by atoms with Gasteiger partial charge >= 0.3 is 59.1 Å². The summed E-state index contributed by atoms with van der Waals surface area (Å²) in [6, 6.07) is 8.64. The maximum Gasteiger partial charge on any atom is 1.00 e. The van der Waals surface area contributed by atoms with E-state index in [1.807, 2.05) is 0 Å². The van der Waals surface area contributed by atoms with Crippen LogP contribution in [0.4, 0.5) is 22.7 Å². The van der Waals surface area contributed by atoms with E-state index in [1.54, 1.807) is 13.8 Å². The van der Waals surface area contributed by atoms with Crippen LogP contribution in [-0.4, -0.2) is 25.9 Å². The summed E-state index contributed by atoms with van der Waals surface area (Å²) >= 11 is 13.4. The van der Waals surface area contributed by atoms with Crippen LogP contribution in [0.2, 0.25) is 10.0 Å². The molecule has 0 amide bonds. The van der Waals surface area contributed by atoms with Crippen molar-refractivity contribution in [1.29, 1.82) is 0 Å². The summed E-state index contributed by atoms with van der Waals surface area (Å²) < 4.78 is 69.2. The van der Waals surface area contributed by atoms with Gasteiger partial charge in [0.25, 0.3) is 0 Å². The van der Waals surface area contributed by atoms with Crippen molar-refractivity contribution in [2.24, 2.45) is 0 Å². The second-order valence-corrected chi connectivity index (χ2v) is 15.2. The van der Waals surface area contributed by atoms with Crippen molar-refractivity contribution in [3.8, 4) is 11.1 Å². The zero-order valence-electron chi connectivity index (χ0n) is 30.3. The standard InChI is InChI=1S/C21H28Cl2N2.C14H16N2O6S2.2Na/c1-5-12-9-14(18(22)16(7-3)20(12)24)11-15-10-13(6-2)21(25)17(8-4)19(15)23;1-7-3-9(13(5-11(7)15)23(17,18)19)10-4-8(2)12(16)6-14(10)24(20,21)22;;/h9-10H,5-8,11,24-25H2,1-4H3;3-6H,15-16H2,1-2H3,(H,17,18,19)(H,20,21,22);;/q;;2*+1/p-2. The molecule has 0 fully saturated rings. The van der Waals surface area contributed by atoms with Crippen molar-refractivity contribution in [2.45, 2.75) is 83.4 Å². The number of hydrogen-bond donors (Lipinski definition) is 4. The van der Waals surface area contributed by atoms with Crippen molar-refractivity contribution in [3.63, 3.8) is 0 Å². The Balaban J connectivity index is 0.000000491. The summed E-state index contributed by atoms with van der Waals surface area (Å²) in [6.45, 7) is 11.5. The molecule has 8 N–H and O–H groups in total. The van der Waals surface area contributed by atoms with E-state index in [0.29, 0.717) is 17.5 Å². The SMILES string of the molecule is CCc1cc(Cc2cc(CC)c(N)c(CC)c2Cl)c(Cl)c(CC)c1N.Cc1cc(-c2cc(C)c(N)cc2S(=O)(=O)[O-])c(S(=O)(=O)[O-])cc1N.[Na+].[Na+]. The van der Waals surface area contributed by atoms with Crippen molar-refractivity contribution < 1.29 is 85.1 Å². The zero-order chi connectivity index (χ0) is 37.2. The summed E-state index contributed by atoms with van der Waals surface area (Å²) in [5.41, 5.74) is 32.5. The van der Waals surface area contributed by atoms with Gasteiger partial charge in [0.1, 0.15) is 20.2 Å². The predicted molar refractivity (Wildman–Crippen MR) is 198 cm³/mol. The van der Waals surface area contributed by atoms with E-state index in [1.165, 1.54) is 12.1 Å². The third kappa shape index (κ3) is 10.8. The smallest absolute Gasteiger partial charge is 0.744 e. The molecule has 16 heteroatoms. The molecule has 0 bridgehead atoms. The Bertz CT molecular complexity index is 2000. The van der Waals surface area contributed by atoms with Crippen molar-refractivity contribution in [2.75, 3.05) is 22.9 Å². The Hall–Kier alpha value is -1.52. The third-order valence-electron chi connectivity index (χ3n) is 8.55. The summed E-state index contributed by atoms with van der Waals surface area (Å²) in [5, 5.41) is 1.53. The monoisotopic (exact) mass is 794 g/mol. The van der Waals surface area contributed by atoms with Crippen LogP contribution in [0.15, 0.2) is 46.2 Å². The summed E-state index contributed by atoms with van der Waals surface area (Å²) in [5.74, 6) is 0.